The fourth-order valence-electron chi connectivity index (χ4n) is 2.33. The summed E-state index contributed by atoms with van der Waals surface area (Å²) in [4.78, 5) is 0. The normalized spacial score (nSPS) is 12.2. The van der Waals surface area contributed by atoms with Crippen LogP contribution < -0.4 is 16.0 Å². The van der Waals surface area contributed by atoms with E-state index >= 15 is 0 Å². The second-order valence-electron chi connectivity index (χ2n) is 4.89. The summed E-state index contributed by atoms with van der Waals surface area (Å²) in [7, 11) is 1.63. The lowest BCUT2D eigenvalue weighted by atomic mass is 9.96. The maximum atomic E-state index is 13.6. The van der Waals surface area contributed by atoms with Crippen molar-refractivity contribution in [3.8, 4) is 5.75 Å². The monoisotopic (exact) mass is 274 g/mol. The van der Waals surface area contributed by atoms with E-state index in [1.54, 1.807) is 7.11 Å². The van der Waals surface area contributed by atoms with Gasteiger partial charge in [-0.15, -0.1) is 0 Å². The number of rotatable bonds is 4. The summed E-state index contributed by atoms with van der Waals surface area (Å²) in [5.41, 5.74) is 6.36. The molecule has 106 valence electrons. The number of aryl methyl sites for hydroxylation is 2. The van der Waals surface area contributed by atoms with Crippen LogP contribution in [-0.4, -0.2) is 7.11 Å². The molecular formula is C16H19FN2O. The van der Waals surface area contributed by atoms with Crippen LogP contribution in [0.4, 0.5) is 4.39 Å². The van der Waals surface area contributed by atoms with Crippen molar-refractivity contribution in [3.63, 3.8) is 0 Å². The van der Waals surface area contributed by atoms with Crippen molar-refractivity contribution in [2.45, 2.75) is 19.9 Å². The molecular weight excluding hydrogens is 255 g/mol. The number of nitrogens with two attached hydrogens (primary N) is 1. The summed E-state index contributed by atoms with van der Waals surface area (Å²) in [6, 6.07) is 10.5. The third kappa shape index (κ3) is 2.98. The Morgan fingerprint density at radius 2 is 1.85 bits per heavy atom. The van der Waals surface area contributed by atoms with Crippen molar-refractivity contribution in [2.24, 2.45) is 5.84 Å². The van der Waals surface area contributed by atoms with Gasteiger partial charge in [0, 0.05) is 0 Å². The van der Waals surface area contributed by atoms with E-state index in [-0.39, 0.29) is 11.9 Å². The summed E-state index contributed by atoms with van der Waals surface area (Å²) < 4.78 is 18.9. The van der Waals surface area contributed by atoms with Crippen LogP contribution in [-0.2, 0) is 0 Å². The van der Waals surface area contributed by atoms with Crippen molar-refractivity contribution in [1.29, 1.82) is 0 Å². The summed E-state index contributed by atoms with van der Waals surface area (Å²) in [6.07, 6.45) is 0. The molecule has 0 radical (unpaired) electrons. The van der Waals surface area contributed by atoms with Gasteiger partial charge in [-0.1, -0.05) is 18.2 Å². The topological polar surface area (TPSA) is 47.3 Å². The van der Waals surface area contributed by atoms with E-state index in [0.717, 1.165) is 28.0 Å². The number of benzene rings is 2. The van der Waals surface area contributed by atoms with E-state index in [2.05, 4.69) is 5.43 Å². The molecule has 0 fully saturated rings. The Kier molecular flexibility index (Phi) is 4.37. The predicted octanol–water partition coefficient (Wildman–Crippen LogP) is 3.00. The Labute approximate surface area is 118 Å². The van der Waals surface area contributed by atoms with Crippen LogP contribution in [0.2, 0.25) is 0 Å². The van der Waals surface area contributed by atoms with Crippen LogP contribution in [0.25, 0.3) is 0 Å². The summed E-state index contributed by atoms with van der Waals surface area (Å²) in [6.45, 7) is 3.83. The Hall–Kier alpha value is -1.91. The Balaban J connectivity index is 2.46. The minimum absolute atomic E-state index is 0.265. The molecule has 0 spiro atoms. The Morgan fingerprint density at radius 3 is 2.45 bits per heavy atom. The van der Waals surface area contributed by atoms with Gasteiger partial charge in [0.05, 0.1) is 13.2 Å². The molecule has 0 saturated carbocycles. The summed E-state index contributed by atoms with van der Waals surface area (Å²) >= 11 is 0. The second-order valence-corrected chi connectivity index (χ2v) is 4.89. The lowest BCUT2D eigenvalue weighted by Gasteiger charge is -2.19. The average molecular weight is 274 g/mol. The van der Waals surface area contributed by atoms with Crippen LogP contribution in [0, 0.1) is 19.7 Å². The van der Waals surface area contributed by atoms with Crippen molar-refractivity contribution in [3.05, 3.63) is 64.5 Å². The number of nitrogens with one attached hydrogen (secondary N) is 1. The third-order valence-corrected chi connectivity index (χ3v) is 3.33. The number of methoxy groups -OCH3 is 1. The molecule has 1 unspecified atom stereocenters. The van der Waals surface area contributed by atoms with Gasteiger partial charge in [0.25, 0.3) is 0 Å². The molecule has 0 aliphatic heterocycles. The quantitative estimate of drug-likeness (QED) is 0.665. The van der Waals surface area contributed by atoms with Gasteiger partial charge >= 0.3 is 0 Å². The molecule has 20 heavy (non-hydrogen) atoms. The minimum atomic E-state index is -0.279. The highest BCUT2D eigenvalue weighted by molar-refractivity contribution is 5.41. The van der Waals surface area contributed by atoms with Crippen molar-refractivity contribution >= 4 is 0 Å². The van der Waals surface area contributed by atoms with Gasteiger partial charge < -0.3 is 4.74 Å². The highest BCUT2D eigenvalue weighted by Gasteiger charge is 2.15. The van der Waals surface area contributed by atoms with E-state index in [1.807, 2.05) is 38.1 Å². The van der Waals surface area contributed by atoms with Gasteiger partial charge in [-0.3, -0.25) is 5.84 Å². The van der Waals surface area contributed by atoms with Gasteiger partial charge in [-0.25, -0.2) is 9.82 Å². The zero-order valence-corrected chi connectivity index (χ0v) is 11.9. The van der Waals surface area contributed by atoms with Crippen molar-refractivity contribution in [1.82, 2.24) is 5.43 Å². The first-order chi connectivity index (χ1) is 9.55. The molecule has 3 nitrogen and oxygen atoms in total. The highest BCUT2D eigenvalue weighted by Crippen LogP contribution is 2.28. The molecule has 4 heteroatoms. The minimum Gasteiger partial charge on any atom is -0.496 e. The van der Waals surface area contributed by atoms with E-state index in [1.165, 1.54) is 12.1 Å². The van der Waals surface area contributed by atoms with Gasteiger partial charge in [0.15, 0.2) is 0 Å². The molecule has 0 aromatic heterocycles. The first-order valence-electron chi connectivity index (χ1n) is 6.43. The lowest BCUT2D eigenvalue weighted by Crippen LogP contribution is -2.29. The van der Waals surface area contributed by atoms with Gasteiger partial charge in [-0.05, 0) is 54.3 Å². The third-order valence-electron chi connectivity index (χ3n) is 3.33. The maximum absolute atomic E-state index is 13.6. The number of ether oxygens (including phenoxy) is 1. The van der Waals surface area contributed by atoms with E-state index in [9.17, 15) is 4.39 Å². The zero-order chi connectivity index (χ0) is 14.7. The molecule has 3 N–H and O–H groups in total. The first kappa shape index (κ1) is 14.5. The Bertz CT molecular complexity index is 593. The summed E-state index contributed by atoms with van der Waals surface area (Å²) in [5, 5.41) is 0. The number of hydrazine groups is 1. The lowest BCUT2D eigenvalue weighted by molar-refractivity contribution is 0.410. The average Bonchev–Trinajstić information content (AvgIpc) is 2.40. The van der Waals surface area contributed by atoms with Crippen LogP contribution in [0.5, 0.6) is 5.75 Å². The van der Waals surface area contributed by atoms with Crippen molar-refractivity contribution < 1.29 is 9.13 Å². The SMILES string of the molecule is COc1cc(C(NN)c2cc(C)cc(F)c2)ccc1C. The molecule has 0 bridgehead atoms. The molecule has 0 heterocycles. The highest BCUT2D eigenvalue weighted by atomic mass is 19.1. The standard InChI is InChI=1S/C16H19FN2O/c1-10-6-13(8-14(17)7-10)16(19-18)12-5-4-11(2)15(9-12)20-3/h4-9,16,19H,18H2,1-3H3. The molecule has 2 aromatic rings. The molecule has 1 atom stereocenters. The fourth-order valence-corrected chi connectivity index (χ4v) is 2.33. The molecule has 0 saturated heterocycles. The molecule has 0 amide bonds. The van der Waals surface area contributed by atoms with Crippen LogP contribution in [0.3, 0.4) is 0 Å². The first-order valence-corrected chi connectivity index (χ1v) is 6.43. The van der Waals surface area contributed by atoms with Crippen molar-refractivity contribution in [2.75, 3.05) is 7.11 Å². The van der Waals surface area contributed by atoms with Crippen LogP contribution in [0.15, 0.2) is 36.4 Å². The van der Waals surface area contributed by atoms with E-state index in [0.29, 0.717) is 0 Å². The number of hydrogen-bond acceptors (Lipinski definition) is 3. The predicted molar refractivity (Wildman–Crippen MR) is 78.0 cm³/mol. The smallest absolute Gasteiger partial charge is 0.123 e. The molecule has 0 aliphatic carbocycles. The molecule has 0 aliphatic rings. The van der Waals surface area contributed by atoms with Gasteiger partial charge in [-0.2, -0.15) is 0 Å². The van der Waals surface area contributed by atoms with E-state index in [4.69, 9.17) is 10.6 Å². The van der Waals surface area contributed by atoms with Gasteiger partial charge in [0.2, 0.25) is 0 Å². The zero-order valence-electron chi connectivity index (χ0n) is 11.9. The maximum Gasteiger partial charge on any atom is 0.123 e. The van der Waals surface area contributed by atoms with Crippen LogP contribution in [0.1, 0.15) is 28.3 Å². The fraction of sp³-hybridized carbons (Fsp3) is 0.250. The van der Waals surface area contributed by atoms with E-state index < -0.39 is 0 Å². The van der Waals surface area contributed by atoms with Crippen LogP contribution >= 0.6 is 0 Å². The largest absolute Gasteiger partial charge is 0.496 e. The van der Waals surface area contributed by atoms with Gasteiger partial charge in [0.1, 0.15) is 11.6 Å². The number of halogens is 1. The number of hydrogen-bond donors (Lipinski definition) is 2. The second kappa shape index (κ2) is 6.03. The Morgan fingerprint density at radius 1 is 1.10 bits per heavy atom. The molecule has 2 aromatic carbocycles. The molecule has 2 rings (SSSR count). The summed E-state index contributed by atoms with van der Waals surface area (Å²) in [5.74, 6) is 6.18.